The molecule has 0 amide bonds. The van der Waals surface area contributed by atoms with E-state index in [9.17, 15) is 0 Å². The zero-order valence-corrected chi connectivity index (χ0v) is 7.48. The zero-order chi connectivity index (χ0) is 8.84. The highest BCUT2D eigenvalue weighted by atomic mass is 15.2. The highest BCUT2D eigenvalue weighted by Crippen LogP contribution is 2.51. The van der Waals surface area contributed by atoms with E-state index in [1.165, 1.54) is 19.3 Å². The van der Waals surface area contributed by atoms with E-state index in [0.29, 0.717) is 12.0 Å². The fourth-order valence-electron chi connectivity index (χ4n) is 3.12. The Hall–Kier alpha value is -0.900. The van der Waals surface area contributed by atoms with Gasteiger partial charge in [-0.3, -0.25) is 5.10 Å². The van der Waals surface area contributed by atoms with Gasteiger partial charge < -0.3 is 5.73 Å². The Morgan fingerprint density at radius 2 is 2.23 bits per heavy atom. The molecular formula is C9H14N4. The second kappa shape index (κ2) is 2.54. The molecule has 0 saturated heterocycles. The summed E-state index contributed by atoms with van der Waals surface area (Å²) in [6.45, 7) is 0. The first-order chi connectivity index (χ1) is 6.36. The van der Waals surface area contributed by atoms with Gasteiger partial charge in [-0.15, -0.1) is 0 Å². The largest absolute Gasteiger partial charge is 0.327 e. The first kappa shape index (κ1) is 7.50. The van der Waals surface area contributed by atoms with Crippen molar-refractivity contribution < 1.29 is 0 Å². The molecule has 3 N–H and O–H groups in total. The van der Waals surface area contributed by atoms with E-state index in [1.54, 1.807) is 6.33 Å². The molecular weight excluding hydrogens is 164 g/mol. The summed E-state index contributed by atoms with van der Waals surface area (Å²) in [6, 6.07) is 0.312. The van der Waals surface area contributed by atoms with Crippen molar-refractivity contribution in [1.29, 1.82) is 0 Å². The smallest absolute Gasteiger partial charge is 0.137 e. The zero-order valence-electron chi connectivity index (χ0n) is 7.48. The molecule has 0 aliphatic heterocycles. The van der Waals surface area contributed by atoms with Crippen LogP contribution in [0.15, 0.2) is 6.33 Å². The summed E-state index contributed by atoms with van der Waals surface area (Å²) in [6.07, 6.45) is 5.51. The van der Waals surface area contributed by atoms with Crippen molar-refractivity contribution in [2.75, 3.05) is 0 Å². The normalized spacial score (nSPS) is 42.8. The van der Waals surface area contributed by atoms with Crippen LogP contribution in [0.5, 0.6) is 0 Å². The third-order valence-electron chi connectivity index (χ3n) is 3.73. The first-order valence-electron chi connectivity index (χ1n) is 4.97. The number of hydrogen-bond donors (Lipinski definition) is 2. The van der Waals surface area contributed by atoms with E-state index in [-0.39, 0.29) is 0 Å². The highest BCUT2D eigenvalue weighted by Gasteiger charge is 2.47. The maximum Gasteiger partial charge on any atom is 0.137 e. The molecule has 4 nitrogen and oxygen atoms in total. The Morgan fingerprint density at radius 1 is 1.38 bits per heavy atom. The van der Waals surface area contributed by atoms with E-state index >= 15 is 0 Å². The molecule has 1 aromatic heterocycles. The molecule has 0 spiro atoms. The summed E-state index contributed by atoms with van der Waals surface area (Å²) in [7, 11) is 0. The molecule has 0 aromatic carbocycles. The Morgan fingerprint density at radius 3 is 2.85 bits per heavy atom. The van der Waals surface area contributed by atoms with Crippen molar-refractivity contribution in [3.63, 3.8) is 0 Å². The van der Waals surface area contributed by atoms with Crippen molar-refractivity contribution >= 4 is 0 Å². The van der Waals surface area contributed by atoms with Crippen molar-refractivity contribution in [3.8, 4) is 0 Å². The molecule has 4 atom stereocenters. The van der Waals surface area contributed by atoms with Crippen LogP contribution >= 0.6 is 0 Å². The molecule has 4 unspecified atom stereocenters. The van der Waals surface area contributed by atoms with Gasteiger partial charge in [0.25, 0.3) is 0 Å². The molecule has 2 saturated carbocycles. The lowest BCUT2D eigenvalue weighted by molar-refractivity contribution is 0.355. The van der Waals surface area contributed by atoms with E-state index < -0.39 is 0 Å². The number of fused-ring (bicyclic) bond motifs is 2. The minimum absolute atomic E-state index is 0.312. The van der Waals surface area contributed by atoms with Crippen LogP contribution in [0.1, 0.15) is 31.0 Å². The second-order valence-corrected chi connectivity index (χ2v) is 4.31. The van der Waals surface area contributed by atoms with Gasteiger partial charge in [-0.05, 0) is 31.1 Å². The van der Waals surface area contributed by atoms with Crippen LogP contribution in [0.2, 0.25) is 0 Å². The molecule has 2 aliphatic rings. The van der Waals surface area contributed by atoms with Gasteiger partial charge in [0.05, 0.1) is 0 Å². The Kier molecular flexibility index (Phi) is 1.47. The van der Waals surface area contributed by atoms with Gasteiger partial charge in [0.2, 0.25) is 0 Å². The molecule has 4 heteroatoms. The van der Waals surface area contributed by atoms with Crippen LogP contribution < -0.4 is 5.73 Å². The van der Waals surface area contributed by atoms with Crippen LogP contribution in [0.25, 0.3) is 0 Å². The van der Waals surface area contributed by atoms with E-state index in [1.807, 2.05) is 0 Å². The lowest BCUT2D eigenvalue weighted by atomic mass is 9.84. The van der Waals surface area contributed by atoms with E-state index in [2.05, 4.69) is 15.2 Å². The molecule has 3 rings (SSSR count). The lowest BCUT2D eigenvalue weighted by Crippen LogP contribution is -2.34. The highest BCUT2D eigenvalue weighted by molar-refractivity contribution is 5.11. The summed E-state index contributed by atoms with van der Waals surface area (Å²) in [5.41, 5.74) is 6.17. The van der Waals surface area contributed by atoms with Crippen LogP contribution in [0.4, 0.5) is 0 Å². The van der Waals surface area contributed by atoms with Crippen molar-refractivity contribution in [3.05, 3.63) is 12.2 Å². The predicted molar refractivity (Wildman–Crippen MR) is 47.9 cm³/mol. The molecule has 2 bridgehead atoms. The van der Waals surface area contributed by atoms with Gasteiger partial charge in [0.1, 0.15) is 12.2 Å². The van der Waals surface area contributed by atoms with Gasteiger partial charge >= 0.3 is 0 Å². The Bertz CT molecular complexity index is 293. The SMILES string of the molecule is NC1C2CCC(C2)C1c1ncn[nH]1. The minimum atomic E-state index is 0.312. The van der Waals surface area contributed by atoms with Gasteiger partial charge in [-0.25, -0.2) is 4.98 Å². The van der Waals surface area contributed by atoms with Crippen LogP contribution in [-0.4, -0.2) is 21.2 Å². The average Bonchev–Trinajstić information content (AvgIpc) is 2.76. The van der Waals surface area contributed by atoms with Crippen molar-refractivity contribution in [1.82, 2.24) is 15.2 Å². The molecule has 13 heavy (non-hydrogen) atoms. The predicted octanol–water partition coefficient (Wildman–Crippen LogP) is 0.645. The molecule has 70 valence electrons. The second-order valence-electron chi connectivity index (χ2n) is 4.31. The fourth-order valence-corrected chi connectivity index (χ4v) is 3.12. The Balaban J connectivity index is 1.93. The van der Waals surface area contributed by atoms with Gasteiger partial charge in [-0.2, -0.15) is 5.10 Å². The van der Waals surface area contributed by atoms with Crippen molar-refractivity contribution in [2.45, 2.75) is 31.2 Å². The van der Waals surface area contributed by atoms with Crippen LogP contribution in [0, 0.1) is 11.8 Å². The summed E-state index contributed by atoms with van der Waals surface area (Å²) >= 11 is 0. The summed E-state index contributed by atoms with van der Waals surface area (Å²) in [5.74, 6) is 2.94. The average molecular weight is 178 g/mol. The maximum absolute atomic E-state index is 6.17. The standard InChI is InChI=1S/C9H14N4/c10-8-6-2-1-5(3-6)7(8)9-11-4-12-13-9/h4-8H,1-3,10H2,(H,11,12,13). The van der Waals surface area contributed by atoms with E-state index in [4.69, 9.17) is 5.73 Å². The number of hydrogen-bond acceptors (Lipinski definition) is 3. The first-order valence-corrected chi connectivity index (χ1v) is 4.97. The monoisotopic (exact) mass is 178 g/mol. The van der Waals surface area contributed by atoms with Gasteiger partial charge in [0.15, 0.2) is 0 Å². The summed E-state index contributed by atoms with van der Waals surface area (Å²) in [5, 5.41) is 6.85. The topological polar surface area (TPSA) is 67.6 Å². The molecule has 0 radical (unpaired) electrons. The number of rotatable bonds is 1. The number of aromatic nitrogens is 3. The molecule has 2 aliphatic carbocycles. The van der Waals surface area contributed by atoms with Gasteiger partial charge in [-0.1, -0.05) is 0 Å². The fraction of sp³-hybridized carbons (Fsp3) is 0.778. The number of nitrogens with two attached hydrogens (primary N) is 1. The molecule has 1 heterocycles. The lowest BCUT2D eigenvalue weighted by Gasteiger charge is -2.25. The molecule has 1 aromatic rings. The van der Waals surface area contributed by atoms with Gasteiger partial charge in [0, 0.05) is 12.0 Å². The Labute approximate surface area is 76.9 Å². The number of nitrogens with zero attached hydrogens (tertiary/aromatic N) is 2. The quantitative estimate of drug-likeness (QED) is 0.663. The van der Waals surface area contributed by atoms with Crippen molar-refractivity contribution in [2.24, 2.45) is 17.6 Å². The summed E-state index contributed by atoms with van der Waals surface area (Å²) < 4.78 is 0. The van der Waals surface area contributed by atoms with E-state index in [0.717, 1.165) is 17.7 Å². The van der Waals surface area contributed by atoms with Crippen LogP contribution in [-0.2, 0) is 0 Å². The third kappa shape index (κ3) is 0.950. The molecule has 2 fully saturated rings. The number of H-pyrrole nitrogens is 1. The number of aromatic amines is 1. The number of nitrogens with one attached hydrogen (secondary N) is 1. The third-order valence-corrected chi connectivity index (χ3v) is 3.73. The summed E-state index contributed by atoms with van der Waals surface area (Å²) in [4.78, 5) is 4.22. The van der Waals surface area contributed by atoms with Crippen LogP contribution in [0.3, 0.4) is 0 Å². The maximum atomic E-state index is 6.17. The minimum Gasteiger partial charge on any atom is -0.327 e.